The second kappa shape index (κ2) is 7.33. The highest BCUT2D eigenvalue weighted by atomic mass is 32.2. The zero-order valence-electron chi connectivity index (χ0n) is 13.7. The Morgan fingerprint density at radius 2 is 2.00 bits per heavy atom. The molecule has 0 aliphatic heterocycles. The Morgan fingerprint density at radius 1 is 1.36 bits per heavy atom. The van der Waals surface area contributed by atoms with Gasteiger partial charge in [-0.3, -0.25) is 9.69 Å². The van der Waals surface area contributed by atoms with Crippen LogP contribution in [-0.4, -0.2) is 48.5 Å². The van der Waals surface area contributed by atoms with Crippen molar-refractivity contribution in [2.45, 2.75) is 38.0 Å². The monoisotopic (exact) mass is 379 g/mol. The van der Waals surface area contributed by atoms with Gasteiger partial charge < -0.3 is 5.11 Å². The van der Waals surface area contributed by atoms with E-state index in [0.717, 1.165) is 25.0 Å². The topological polar surface area (TPSA) is 74.7 Å². The molecular formula is C16H20F3NO4S. The fraction of sp³-hybridized carbons (Fsp3) is 0.562. The second-order valence-electron chi connectivity index (χ2n) is 6.25. The number of benzene rings is 1. The maximum absolute atomic E-state index is 12.9. The van der Waals surface area contributed by atoms with Crippen LogP contribution in [0.1, 0.15) is 36.9 Å². The lowest BCUT2D eigenvalue weighted by Gasteiger charge is -2.29. The summed E-state index contributed by atoms with van der Waals surface area (Å²) in [7, 11) is -3.75. The van der Waals surface area contributed by atoms with E-state index in [4.69, 9.17) is 5.11 Å². The van der Waals surface area contributed by atoms with Gasteiger partial charge in [0.15, 0.2) is 9.84 Å². The molecule has 0 bridgehead atoms. The molecule has 0 spiro atoms. The van der Waals surface area contributed by atoms with Crippen LogP contribution in [0.2, 0.25) is 0 Å². The van der Waals surface area contributed by atoms with E-state index in [0.29, 0.717) is 5.56 Å². The molecule has 0 amide bonds. The fourth-order valence-corrected chi connectivity index (χ4v) is 3.78. The van der Waals surface area contributed by atoms with Crippen molar-refractivity contribution in [3.8, 4) is 0 Å². The summed E-state index contributed by atoms with van der Waals surface area (Å²) < 4.78 is 62.2. The highest BCUT2D eigenvalue weighted by Gasteiger charge is 2.35. The van der Waals surface area contributed by atoms with Crippen molar-refractivity contribution in [3.63, 3.8) is 0 Å². The van der Waals surface area contributed by atoms with Gasteiger partial charge in [-0.05, 0) is 37.5 Å². The van der Waals surface area contributed by atoms with E-state index in [9.17, 15) is 26.4 Å². The van der Waals surface area contributed by atoms with Crippen LogP contribution >= 0.6 is 0 Å². The first-order valence-electron chi connectivity index (χ1n) is 7.85. The molecule has 1 aliphatic rings. The van der Waals surface area contributed by atoms with Crippen molar-refractivity contribution in [1.82, 2.24) is 4.90 Å². The van der Waals surface area contributed by atoms with Crippen molar-refractivity contribution in [3.05, 3.63) is 35.4 Å². The van der Waals surface area contributed by atoms with E-state index < -0.39 is 39.3 Å². The Balaban J connectivity index is 2.14. The number of sulfone groups is 1. The molecule has 140 valence electrons. The van der Waals surface area contributed by atoms with Gasteiger partial charge in [0, 0.05) is 18.6 Å². The number of nitrogens with zero attached hydrogens (tertiary/aromatic N) is 1. The van der Waals surface area contributed by atoms with Crippen molar-refractivity contribution in [2.24, 2.45) is 0 Å². The largest absolute Gasteiger partial charge is 0.480 e. The third-order valence-electron chi connectivity index (χ3n) is 4.21. The first-order valence-corrected chi connectivity index (χ1v) is 9.67. The average Bonchev–Trinajstić information content (AvgIpc) is 3.30. The predicted octanol–water partition coefficient (Wildman–Crippen LogP) is 2.73. The van der Waals surface area contributed by atoms with E-state index in [1.165, 1.54) is 6.07 Å². The molecule has 5 nitrogen and oxygen atoms in total. The number of hydrogen-bond acceptors (Lipinski definition) is 4. The Morgan fingerprint density at radius 3 is 2.52 bits per heavy atom. The number of hydrogen-bond donors (Lipinski definition) is 1. The van der Waals surface area contributed by atoms with Crippen molar-refractivity contribution >= 4 is 15.8 Å². The number of carboxylic acids is 1. The molecule has 0 aromatic heterocycles. The van der Waals surface area contributed by atoms with Gasteiger partial charge in [-0.15, -0.1) is 0 Å². The standard InChI is InChI=1S/C16H20F3NO4S/c1-11(12-3-2-4-13(9-12)16(17,18)19)20(14-5-6-14)7-8-25(23,24)10-15(21)22/h2-4,9,11,14H,5-8,10H2,1H3,(H,21,22). The van der Waals surface area contributed by atoms with E-state index in [-0.39, 0.29) is 18.3 Å². The third-order valence-corrected chi connectivity index (χ3v) is 5.70. The van der Waals surface area contributed by atoms with Gasteiger partial charge in [-0.1, -0.05) is 12.1 Å². The van der Waals surface area contributed by atoms with Crippen LogP contribution < -0.4 is 0 Å². The van der Waals surface area contributed by atoms with Crippen LogP contribution in [-0.2, 0) is 20.8 Å². The molecular weight excluding hydrogens is 359 g/mol. The van der Waals surface area contributed by atoms with Gasteiger partial charge in [0.2, 0.25) is 0 Å². The SMILES string of the molecule is CC(c1cccc(C(F)(F)F)c1)N(CCS(=O)(=O)CC(=O)O)C1CC1. The average molecular weight is 379 g/mol. The number of carbonyl (C=O) groups is 1. The summed E-state index contributed by atoms with van der Waals surface area (Å²) in [5.74, 6) is -2.69. The molecule has 1 saturated carbocycles. The first-order chi connectivity index (χ1) is 11.5. The molecule has 1 aromatic carbocycles. The van der Waals surface area contributed by atoms with Crippen LogP contribution in [0.5, 0.6) is 0 Å². The van der Waals surface area contributed by atoms with Crippen LogP contribution in [0.4, 0.5) is 13.2 Å². The number of alkyl halides is 3. The Hall–Kier alpha value is -1.61. The zero-order chi connectivity index (χ0) is 18.8. The molecule has 1 fully saturated rings. The van der Waals surface area contributed by atoms with Gasteiger partial charge in [-0.25, -0.2) is 8.42 Å². The molecule has 0 radical (unpaired) electrons. The summed E-state index contributed by atoms with van der Waals surface area (Å²) >= 11 is 0. The lowest BCUT2D eigenvalue weighted by Crippen LogP contribution is -2.35. The molecule has 2 rings (SSSR count). The number of rotatable bonds is 8. The van der Waals surface area contributed by atoms with Crippen LogP contribution in [0, 0.1) is 0 Å². The smallest absolute Gasteiger partial charge is 0.416 e. The third kappa shape index (κ3) is 5.71. The Kier molecular flexibility index (Phi) is 5.78. The van der Waals surface area contributed by atoms with Gasteiger partial charge in [0.05, 0.1) is 11.3 Å². The summed E-state index contributed by atoms with van der Waals surface area (Å²) in [6.07, 6.45) is -2.74. The molecule has 1 unspecified atom stereocenters. The maximum Gasteiger partial charge on any atom is 0.416 e. The fourth-order valence-electron chi connectivity index (χ4n) is 2.77. The predicted molar refractivity (Wildman–Crippen MR) is 85.9 cm³/mol. The van der Waals surface area contributed by atoms with Crippen LogP contribution in [0.25, 0.3) is 0 Å². The number of carboxylic acid groups (broad SMARTS) is 1. The van der Waals surface area contributed by atoms with E-state index >= 15 is 0 Å². The summed E-state index contributed by atoms with van der Waals surface area (Å²) in [5.41, 5.74) is -0.288. The summed E-state index contributed by atoms with van der Waals surface area (Å²) in [4.78, 5) is 12.4. The van der Waals surface area contributed by atoms with Crippen molar-refractivity contribution in [1.29, 1.82) is 0 Å². The van der Waals surface area contributed by atoms with Gasteiger partial charge >= 0.3 is 12.1 Å². The number of aliphatic carboxylic acids is 1. The quantitative estimate of drug-likeness (QED) is 0.752. The van der Waals surface area contributed by atoms with Gasteiger partial charge in [-0.2, -0.15) is 13.2 Å². The molecule has 1 aliphatic carbocycles. The maximum atomic E-state index is 12.9. The summed E-state index contributed by atoms with van der Waals surface area (Å²) in [6.45, 7) is 1.83. The highest BCUT2D eigenvalue weighted by molar-refractivity contribution is 7.92. The van der Waals surface area contributed by atoms with Gasteiger partial charge in [0.25, 0.3) is 0 Å². The Bertz CT molecular complexity index is 729. The van der Waals surface area contributed by atoms with E-state index in [1.54, 1.807) is 13.0 Å². The minimum absolute atomic E-state index is 0.0949. The molecule has 1 atom stereocenters. The second-order valence-corrected chi connectivity index (χ2v) is 8.44. The van der Waals surface area contributed by atoms with E-state index in [2.05, 4.69) is 0 Å². The lowest BCUT2D eigenvalue weighted by molar-refractivity contribution is -0.137. The summed E-state index contributed by atoms with van der Waals surface area (Å²) in [6, 6.07) is 4.71. The summed E-state index contributed by atoms with van der Waals surface area (Å²) in [5, 5.41) is 8.63. The Labute approximate surface area is 144 Å². The minimum atomic E-state index is -4.44. The number of halogens is 3. The van der Waals surface area contributed by atoms with Crippen LogP contribution in [0.3, 0.4) is 0 Å². The molecule has 1 aromatic rings. The lowest BCUT2D eigenvalue weighted by atomic mass is 10.0. The zero-order valence-corrected chi connectivity index (χ0v) is 14.5. The highest BCUT2D eigenvalue weighted by Crippen LogP contribution is 2.36. The molecule has 0 saturated heterocycles. The molecule has 9 heteroatoms. The van der Waals surface area contributed by atoms with Crippen molar-refractivity contribution in [2.75, 3.05) is 18.1 Å². The molecule has 1 N–H and O–H groups in total. The van der Waals surface area contributed by atoms with Crippen LogP contribution in [0.15, 0.2) is 24.3 Å². The molecule has 25 heavy (non-hydrogen) atoms. The first kappa shape index (κ1) is 19.7. The normalized spacial score (nSPS) is 16.8. The van der Waals surface area contributed by atoms with Crippen molar-refractivity contribution < 1.29 is 31.5 Å². The van der Waals surface area contributed by atoms with E-state index in [1.807, 2.05) is 4.90 Å². The van der Waals surface area contributed by atoms with Gasteiger partial charge in [0.1, 0.15) is 5.75 Å². The molecule has 0 heterocycles. The minimum Gasteiger partial charge on any atom is -0.480 e.